The molecular weight excluding hydrogens is 326 g/mol. The summed E-state index contributed by atoms with van der Waals surface area (Å²) in [6.45, 7) is 0. The van der Waals surface area contributed by atoms with E-state index in [-0.39, 0.29) is 5.69 Å². The summed E-state index contributed by atoms with van der Waals surface area (Å²) in [6, 6.07) is 12.6. The minimum atomic E-state index is -0.409. The number of imidazole rings is 2. The monoisotopic (exact) mass is 339 g/mol. The average Bonchev–Trinajstić information content (AvgIpc) is 3.13. The molecule has 0 aliphatic rings. The number of nitrogens with one attached hydrogen (secondary N) is 1. The summed E-state index contributed by atoms with van der Waals surface area (Å²) < 4.78 is 2.05. The average molecular weight is 339 g/mol. The van der Waals surface area contributed by atoms with Crippen molar-refractivity contribution in [2.75, 3.05) is 0 Å². The fraction of sp³-hybridized carbons (Fsp3) is 0.125. The Balaban J connectivity index is 1.59. The van der Waals surface area contributed by atoms with E-state index in [0.29, 0.717) is 11.3 Å². The Hall–Kier alpha value is -2.87. The van der Waals surface area contributed by atoms with Crippen molar-refractivity contribution in [3.8, 4) is 0 Å². The van der Waals surface area contributed by atoms with Crippen molar-refractivity contribution in [2.45, 2.75) is 10.9 Å². The van der Waals surface area contributed by atoms with Gasteiger partial charge in [0, 0.05) is 19.2 Å². The highest BCUT2D eigenvalue weighted by atomic mass is 32.2. The highest BCUT2D eigenvalue weighted by Crippen LogP contribution is 2.26. The molecule has 24 heavy (non-hydrogen) atoms. The molecule has 120 valence electrons. The SMILES string of the molecule is Cn1c(SCc2nc3ccc([N+](=O)[O-])cc3[nH]2)nc2ccccc21. The van der Waals surface area contributed by atoms with Crippen LogP contribution in [0.15, 0.2) is 47.6 Å². The Morgan fingerprint density at radius 3 is 2.83 bits per heavy atom. The van der Waals surface area contributed by atoms with Crippen molar-refractivity contribution >= 4 is 39.5 Å². The number of rotatable bonds is 4. The van der Waals surface area contributed by atoms with Crippen molar-refractivity contribution in [3.05, 3.63) is 58.4 Å². The third-order valence-electron chi connectivity index (χ3n) is 3.81. The van der Waals surface area contributed by atoms with E-state index in [1.807, 2.05) is 35.9 Å². The van der Waals surface area contributed by atoms with E-state index in [1.165, 1.54) is 12.1 Å². The molecule has 0 bridgehead atoms. The van der Waals surface area contributed by atoms with Crippen molar-refractivity contribution in [1.29, 1.82) is 0 Å². The molecule has 0 unspecified atom stereocenters. The second kappa shape index (κ2) is 5.64. The molecular formula is C16H13N5O2S. The summed E-state index contributed by atoms with van der Waals surface area (Å²) in [4.78, 5) is 22.7. The number of hydrogen-bond donors (Lipinski definition) is 1. The zero-order chi connectivity index (χ0) is 16.7. The number of fused-ring (bicyclic) bond motifs is 2. The normalized spacial score (nSPS) is 11.4. The van der Waals surface area contributed by atoms with Crippen LogP contribution in [0.2, 0.25) is 0 Å². The lowest BCUT2D eigenvalue weighted by Gasteiger charge is -2.00. The van der Waals surface area contributed by atoms with Gasteiger partial charge in [-0.2, -0.15) is 0 Å². The summed E-state index contributed by atoms with van der Waals surface area (Å²) in [6.07, 6.45) is 0. The van der Waals surface area contributed by atoms with E-state index >= 15 is 0 Å². The van der Waals surface area contributed by atoms with Crippen molar-refractivity contribution in [1.82, 2.24) is 19.5 Å². The van der Waals surface area contributed by atoms with Crippen LogP contribution in [-0.2, 0) is 12.8 Å². The van der Waals surface area contributed by atoms with Gasteiger partial charge in [-0.05, 0) is 18.2 Å². The molecule has 0 aliphatic carbocycles. The Labute approximate surface area is 140 Å². The fourth-order valence-corrected chi connectivity index (χ4v) is 3.48. The van der Waals surface area contributed by atoms with Crippen LogP contribution in [0.1, 0.15) is 5.82 Å². The van der Waals surface area contributed by atoms with E-state index < -0.39 is 4.92 Å². The first-order valence-electron chi connectivity index (χ1n) is 7.29. The van der Waals surface area contributed by atoms with Gasteiger partial charge in [-0.15, -0.1) is 0 Å². The first-order valence-corrected chi connectivity index (χ1v) is 8.27. The number of nitrogens with zero attached hydrogens (tertiary/aromatic N) is 4. The maximum absolute atomic E-state index is 10.8. The first-order chi connectivity index (χ1) is 11.6. The zero-order valence-electron chi connectivity index (χ0n) is 12.8. The zero-order valence-corrected chi connectivity index (χ0v) is 13.6. The molecule has 0 aliphatic heterocycles. The number of H-pyrrole nitrogens is 1. The summed E-state index contributed by atoms with van der Waals surface area (Å²) in [5.41, 5.74) is 3.50. The molecule has 0 radical (unpaired) electrons. The lowest BCUT2D eigenvalue weighted by molar-refractivity contribution is -0.384. The van der Waals surface area contributed by atoms with Crippen LogP contribution in [0.25, 0.3) is 22.1 Å². The molecule has 2 aromatic heterocycles. The highest BCUT2D eigenvalue weighted by molar-refractivity contribution is 7.98. The molecule has 7 nitrogen and oxygen atoms in total. The number of benzene rings is 2. The minimum absolute atomic E-state index is 0.0562. The third-order valence-corrected chi connectivity index (χ3v) is 4.85. The smallest absolute Gasteiger partial charge is 0.271 e. The number of aryl methyl sites for hydroxylation is 1. The van der Waals surface area contributed by atoms with E-state index in [4.69, 9.17) is 0 Å². The number of hydrogen-bond acceptors (Lipinski definition) is 5. The van der Waals surface area contributed by atoms with Crippen LogP contribution in [0, 0.1) is 10.1 Å². The van der Waals surface area contributed by atoms with E-state index in [1.54, 1.807) is 17.8 Å². The van der Waals surface area contributed by atoms with Gasteiger partial charge in [0.15, 0.2) is 5.16 Å². The number of aromatic nitrogens is 4. The number of aromatic amines is 1. The molecule has 0 saturated carbocycles. The minimum Gasteiger partial charge on any atom is -0.341 e. The van der Waals surface area contributed by atoms with Crippen molar-refractivity contribution in [3.63, 3.8) is 0 Å². The predicted molar refractivity (Wildman–Crippen MR) is 93.0 cm³/mol. The van der Waals surface area contributed by atoms with Crippen LogP contribution in [-0.4, -0.2) is 24.4 Å². The van der Waals surface area contributed by atoms with Gasteiger partial charge >= 0.3 is 0 Å². The van der Waals surface area contributed by atoms with Gasteiger partial charge in [0.05, 0.1) is 32.7 Å². The molecule has 0 saturated heterocycles. The molecule has 2 heterocycles. The maximum Gasteiger partial charge on any atom is 0.271 e. The second-order valence-corrected chi connectivity index (χ2v) is 6.32. The van der Waals surface area contributed by atoms with Crippen LogP contribution in [0.3, 0.4) is 0 Å². The Bertz CT molecular complexity index is 1070. The standard InChI is InChI=1S/C16H13N5O2S/c1-20-14-5-3-2-4-12(14)19-16(20)24-9-15-17-11-7-6-10(21(22)23)8-13(11)18-15/h2-8H,9H2,1H3,(H,17,18). The molecule has 1 N–H and O–H groups in total. The van der Waals surface area contributed by atoms with Gasteiger partial charge in [0.1, 0.15) is 5.82 Å². The van der Waals surface area contributed by atoms with Crippen LogP contribution in [0.5, 0.6) is 0 Å². The largest absolute Gasteiger partial charge is 0.341 e. The Morgan fingerprint density at radius 2 is 2.04 bits per heavy atom. The van der Waals surface area contributed by atoms with Crippen LogP contribution in [0.4, 0.5) is 5.69 Å². The highest BCUT2D eigenvalue weighted by Gasteiger charge is 2.12. The van der Waals surface area contributed by atoms with Crippen molar-refractivity contribution in [2.24, 2.45) is 7.05 Å². The quantitative estimate of drug-likeness (QED) is 0.348. The van der Waals surface area contributed by atoms with Gasteiger partial charge in [-0.25, -0.2) is 9.97 Å². The summed E-state index contributed by atoms with van der Waals surface area (Å²) in [5.74, 6) is 1.38. The van der Waals surface area contributed by atoms with E-state index in [9.17, 15) is 10.1 Å². The summed E-state index contributed by atoms with van der Waals surface area (Å²) >= 11 is 1.58. The molecule has 0 fully saturated rings. The van der Waals surface area contributed by atoms with Gasteiger partial charge in [0.25, 0.3) is 5.69 Å². The lowest BCUT2D eigenvalue weighted by atomic mass is 10.3. The topological polar surface area (TPSA) is 89.6 Å². The second-order valence-electron chi connectivity index (χ2n) is 5.37. The van der Waals surface area contributed by atoms with E-state index in [2.05, 4.69) is 15.0 Å². The predicted octanol–water partition coefficient (Wildman–Crippen LogP) is 3.65. The van der Waals surface area contributed by atoms with Gasteiger partial charge in [-0.3, -0.25) is 10.1 Å². The number of non-ortho nitro benzene ring substituents is 1. The number of thioether (sulfide) groups is 1. The molecule has 2 aromatic carbocycles. The maximum atomic E-state index is 10.8. The van der Waals surface area contributed by atoms with Gasteiger partial charge in [0.2, 0.25) is 0 Å². The molecule has 0 amide bonds. The van der Waals surface area contributed by atoms with E-state index in [0.717, 1.165) is 27.5 Å². The van der Waals surface area contributed by atoms with Gasteiger partial charge < -0.3 is 9.55 Å². The molecule has 4 aromatic rings. The molecule has 8 heteroatoms. The Kier molecular flexibility index (Phi) is 3.46. The molecule has 0 atom stereocenters. The lowest BCUT2D eigenvalue weighted by Crippen LogP contribution is -1.92. The Morgan fingerprint density at radius 1 is 1.21 bits per heavy atom. The number of nitro groups is 1. The van der Waals surface area contributed by atoms with Crippen LogP contribution >= 0.6 is 11.8 Å². The van der Waals surface area contributed by atoms with Gasteiger partial charge in [-0.1, -0.05) is 23.9 Å². The molecule has 4 rings (SSSR count). The number of nitro benzene ring substituents is 1. The number of para-hydroxylation sites is 2. The first kappa shape index (κ1) is 14.7. The summed E-state index contributed by atoms with van der Waals surface area (Å²) in [5, 5.41) is 11.7. The third kappa shape index (κ3) is 2.50. The summed E-state index contributed by atoms with van der Waals surface area (Å²) in [7, 11) is 1.99. The molecule has 0 spiro atoms. The fourth-order valence-electron chi connectivity index (χ4n) is 2.62. The van der Waals surface area contributed by atoms with Crippen molar-refractivity contribution < 1.29 is 4.92 Å². The van der Waals surface area contributed by atoms with Crippen LogP contribution < -0.4 is 0 Å².